The highest BCUT2D eigenvalue weighted by Gasteiger charge is 2.13. The Morgan fingerprint density at radius 1 is 0.952 bits per heavy atom. The fraction of sp³-hybridized carbons (Fsp3) is 0.222. The van der Waals surface area contributed by atoms with Gasteiger partial charge in [0.15, 0.2) is 0 Å². The first-order valence-corrected chi connectivity index (χ1v) is 7.30. The first-order valence-electron chi connectivity index (χ1n) is 6.92. The number of aryl methyl sites for hydroxylation is 1. The number of hydrogen-bond acceptors (Lipinski definition) is 2. The average Bonchev–Trinajstić information content (AvgIpc) is 2.53. The molecule has 0 aliphatic heterocycles. The summed E-state index contributed by atoms with van der Waals surface area (Å²) in [5.74, 6) is 1.63. The molecule has 0 unspecified atom stereocenters. The number of methoxy groups -OCH3 is 2. The molecule has 2 aromatic rings. The summed E-state index contributed by atoms with van der Waals surface area (Å²) in [6, 6.07) is 12.2. The van der Waals surface area contributed by atoms with E-state index in [-0.39, 0.29) is 0 Å². The van der Waals surface area contributed by atoms with Crippen LogP contribution in [0.15, 0.2) is 36.4 Å². The zero-order chi connectivity index (χ0) is 14.8. The largest absolute Gasteiger partial charge is 0.497 e. The Bertz CT molecular complexity index is 704. The Kier molecular flexibility index (Phi) is 3.89. The lowest BCUT2D eigenvalue weighted by Gasteiger charge is -2.18. The third-order valence-electron chi connectivity index (χ3n) is 3.87. The van der Waals surface area contributed by atoms with Gasteiger partial charge in [0.2, 0.25) is 0 Å². The first-order chi connectivity index (χ1) is 10.2. The van der Waals surface area contributed by atoms with Crippen molar-refractivity contribution in [2.45, 2.75) is 12.8 Å². The van der Waals surface area contributed by atoms with Gasteiger partial charge in [0, 0.05) is 0 Å². The molecule has 0 heterocycles. The van der Waals surface area contributed by atoms with Gasteiger partial charge in [-0.05, 0) is 59.4 Å². The fourth-order valence-electron chi connectivity index (χ4n) is 2.69. The van der Waals surface area contributed by atoms with Crippen LogP contribution in [0.25, 0.3) is 11.6 Å². The Morgan fingerprint density at radius 3 is 2.52 bits per heavy atom. The molecule has 2 aromatic carbocycles. The van der Waals surface area contributed by atoms with Crippen LogP contribution in [0.1, 0.15) is 23.1 Å². The van der Waals surface area contributed by atoms with Gasteiger partial charge in [-0.1, -0.05) is 29.8 Å². The van der Waals surface area contributed by atoms with Crippen molar-refractivity contribution in [1.29, 1.82) is 0 Å². The molecule has 1 aliphatic rings. The van der Waals surface area contributed by atoms with E-state index in [4.69, 9.17) is 21.1 Å². The third kappa shape index (κ3) is 2.77. The first kappa shape index (κ1) is 14.0. The summed E-state index contributed by atoms with van der Waals surface area (Å²) < 4.78 is 10.5. The van der Waals surface area contributed by atoms with E-state index < -0.39 is 0 Å². The Labute approximate surface area is 130 Å². The lowest BCUT2D eigenvalue weighted by atomic mass is 9.88. The van der Waals surface area contributed by atoms with Crippen molar-refractivity contribution in [2.24, 2.45) is 0 Å². The van der Waals surface area contributed by atoms with Crippen molar-refractivity contribution in [3.63, 3.8) is 0 Å². The maximum absolute atomic E-state index is 6.22. The highest BCUT2D eigenvalue weighted by molar-refractivity contribution is 6.32. The smallest absolute Gasteiger partial charge is 0.137 e. The van der Waals surface area contributed by atoms with Crippen molar-refractivity contribution in [2.75, 3.05) is 14.2 Å². The van der Waals surface area contributed by atoms with Gasteiger partial charge in [0.25, 0.3) is 0 Å². The van der Waals surface area contributed by atoms with Crippen molar-refractivity contribution < 1.29 is 9.47 Å². The SMILES string of the molecule is COc1ccc2c(c1)CCC(c1ccc(OC)c(Cl)c1)=C2. The molecule has 108 valence electrons. The number of hydrogen-bond donors (Lipinski definition) is 0. The summed E-state index contributed by atoms with van der Waals surface area (Å²) in [6.45, 7) is 0. The fourth-order valence-corrected chi connectivity index (χ4v) is 2.95. The topological polar surface area (TPSA) is 18.5 Å². The summed E-state index contributed by atoms with van der Waals surface area (Å²) in [4.78, 5) is 0. The Hall–Kier alpha value is -1.93. The molecule has 21 heavy (non-hydrogen) atoms. The molecular weight excluding hydrogens is 284 g/mol. The molecule has 0 saturated carbocycles. The Balaban J connectivity index is 1.96. The van der Waals surface area contributed by atoms with Crippen LogP contribution in [0, 0.1) is 0 Å². The van der Waals surface area contributed by atoms with Crippen molar-refractivity contribution in [3.8, 4) is 11.5 Å². The molecule has 1 aliphatic carbocycles. The third-order valence-corrected chi connectivity index (χ3v) is 4.16. The van der Waals surface area contributed by atoms with E-state index in [1.807, 2.05) is 18.2 Å². The number of allylic oxidation sites excluding steroid dienone is 1. The molecule has 0 bridgehead atoms. The zero-order valence-corrected chi connectivity index (χ0v) is 12.9. The van der Waals surface area contributed by atoms with Gasteiger partial charge in [0.05, 0.1) is 19.2 Å². The van der Waals surface area contributed by atoms with Crippen LogP contribution in [0.2, 0.25) is 5.02 Å². The van der Waals surface area contributed by atoms with Crippen molar-refractivity contribution >= 4 is 23.3 Å². The molecule has 0 radical (unpaired) electrons. The molecule has 0 spiro atoms. The number of fused-ring (bicyclic) bond motifs is 1. The molecule has 0 fully saturated rings. The second-order valence-corrected chi connectivity index (χ2v) is 5.49. The molecule has 2 nitrogen and oxygen atoms in total. The van der Waals surface area contributed by atoms with Crippen LogP contribution in [-0.4, -0.2) is 14.2 Å². The van der Waals surface area contributed by atoms with Crippen LogP contribution >= 0.6 is 11.6 Å². The lowest BCUT2D eigenvalue weighted by molar-refractivity contribution is 0.414. The molecule has 3 rings (SSSR count). The number of ether oxygens (including phenoxy) is 2. The number of halogens is 1. The summed E-state index contributed by atoms with van der Waals surface area (Å²) in [5.41, 5.74) is 5.04. The molecular formula is C18H17ClO2. The van der Waals surface area contributed by atoms with E-state index in [1.165, 1.54) is 16.7 Å². The second kappa shape index (κ2) is 5.82. The highest BCUT2D eigenvalue weighted by Crippen LogP contribution is 2.35. The summed E-state index contributed by atoms with van der Waals surface area (Å²) >= 11 is 6.22. The Morgan fingerprint density at radius 2 is 1.81 bits per heavy atom. The highest BCUT2D eigenvalue weighted by atomic mass is 35.5. The van der Waals surface area contributed by atoms with Crippen LogP contribution in [0.5, 0.6) is 11.5 Å². The maximum atomic E-state index is 6.22. The summed E-state index contributed by atoms with van der Waals surface area (Å²) in [5, 5.41) is 0.649. The van der Waals surface area contributed by atoms with Gasteiger partial charge in [0.1, 0.15) is 11.5 Å². The minimum Gasteiger partial charge on any atom is -0.497 e. The standard InChI is InChI=1S/C18H17ClO2/c1-20-16-7-5-13-9-12(3-4-14(13)10-16)15-6-8-18(21-2)17(19)11-15/h5-11H,3-4H2,1-2H3. The van der Waals surface area contributed by atoms with Crippen LogP contribution in [0.3, 0.4) is 0 Å². The zero-order valence-electron chi connectivity index (χ0n) is 12.2. The van der Waals surface area contributed by atoms with E-state index in [2.05, 4.69) is 24.3 Å². The predicted octanol–water partition coefficient (Wildman–Crippen LogP) is 4.84. The van der Waals surface area contributed by atoms with E-state index in [0.717, 1.165) is 24.2 Å². The van der Waals surface area contributed by atoms with E-state index in [0.29, 0.717) is 10.8 Å². The summed E-state index contributed by atoms with van der Waals surface area (Å²) in [6.07, 6.45) is 4.25. The van der Waals surface area contributed by atoms with Crippen molar-refractivity contribution in [3.05, 3.63) is 58.1 Å². The molecule has 0 atom stereocenters. The normalized spacial score (nSPS) is 13.4. The second-order valence-electron chi connectivity index (χ2n) is 5.08. The average molecular weight is 301 g/mol. The van der Waals surface area contributed by atoms with Crippen molar-refractivity contribution in [1.82, 2.24) is 0 Å². The van der Waals surface area contributed by atoms with Gasteiger partial charge in [-0.25, -0.2) is 0 Å². The van der Waals surface area contributed by atoms with E-state index in [1.54, 1.807) is 14.2 Å². The lowest BCUT2D eigenvalue weighted by Crippen LogP contribution is -2.00. The van der Waals surface area contributed by atoms with E-state index in [9.17, 15) is 0 Å². The van der Waals surface area contributed by atoms with Crippen LogP contribution < -0.4 is 9.47 Å². The van der Waals surface area contributed by atoms with Crippen LogP contribution in [0.4, 0.5) is 0 Å². The molecule has 0 saturated heterocycles. The summed E-state index contributed by atoms with van der Waals surface area (Å²) in [7, 11) is 3.33. The molecule has 0 aromatic heterocycles. The van der Waals surface area contributed by atoms with Crippen LogP contribution in [-0.2, 0) is 6.42 Å². The van der Waals surface area contributed by atoms with Gasteiger partial charge >= 0.3 is 0 Å². The van der Waals surface area contributed by atoms with Gasteiger partial charge in [-0.2, -0.15) is 0 Å². The number of benzene rings is 2. The monoisotopic (exact) mass is 300 g/mol. The molecule has 0 amide bonds. The number of rotatable bonds is 3. The molecule has 3 heteroatoms. The molecule has 0 N–H and O–H groups in total. The van der Waals surface area contributed by atoms with Gasteiger partial charge < -0.3 is 9.47 Å². The van der Waals surface area contributed by atoms with E-state index >= 15 is 0 Å². The quantitative estimate of drug-likeness (QED) is 0.807. The van der Waals surface area contributed by atoms with Gasteiger partial charge in [-0.3, -0.25) is 0 Å². The minimum absolute atomic E-state index is 0.649. The predicted molar refractivity (Wildman–Crippen MR) is 87.2 cm³/mol. The van der Waals surface area contributed by atoms with Gasteiger partial charge in [-0.15, -0.1) is 0 Å². The maximum Gasteiger partial charge on any atom is 0.137 e. The minimum atomic E-state index is 0.649.